The van der Waals surface area contributed by atoms with Crippen LogP contribution in [0.15, 0.2) is 47.6 Å². The number of carbonyl (C=O) groups is 1. The smallest absolute Gasteiger partial charge is 0.275 e. The SMILES string of the molecule is CC(C)Oc1ccccc1C(=O)NN=Cc1ccc2c(c1)OCO2. The van der Waals surface area contributed by atoms with Crippen LogP contribution < -0.4 is 19.6 Å². The van der Waals surface area contributed by atoms with E-state index in [1.807, 2.05) is 26.0 Å². The lowest BCUT2D eigenvalue weighted by Crippen LogP contribution is -2.19. The lowest BCUT2D eigenvalue weighted by molar-refractivity contribution is 0.0949. The molecule has 1 aliphatic rings. The number of hydrogen-bond acceptors (Lipinski definition) is 5. The highest BCUT2D eigenvalue weighted by atomic mass is 16.7. The normalized spacial score (nSPS) is 12.6. The molecule has 1 aliphatic heterocycles. The molecule has 24 heavy (non-hydrogen) atoms. The fourth-order valence-corrected chi connectivity index (χ4v) is 2.23. The van der Waals surface area contributed by atoms with Crippen molar-refractivity contribution in [1.82, 2.24) is 5.43 Å². The molecule has 0 aromatic heterocycles. The topological polar surface area (TPSA) is 69.2 Å². The Morgan fingerprint density at radius 3 is 2.83 bits per heavy atom. The van der Waals surface area contributed by atoms with Gasteiger partial charge in [-0.15, -0.1) is 0 Å². The zero-order chi connectivity index (χ0) is 16.9. The van der Waals surface area contributed by atoms with E-state index in [2.05, 4.69) is 10.5 Å². The van der Waals surface area contributed by atoms with E-state index in [0.29, 0.717) is 22.8 Å². The van der Waals surface area contributed by atoms with Crippen molar-refractivity contribution in [3.05, 3.63) is 53.6 Å². The Morgan fingerprint density at radius 2 is 2.00 bits per heavy atom. The summed E-state index contributed by atoms with van der Waals surface area (Å²) in [5, 5.41) is 3.99. The van der Waals surface area contributed by atoms with E-state index in [9.17, 15) is 4.79 Å². The minimum Gasteiger partial charge on any atom is -0.490 e. The lowest BCUT2D eigenvalue weighted by Gasteiger charge is -2.12. The second-order valence-electron chi connectivity index (χ2n) is 5.47. The van der Waals surface area contributed by atoms with Crippen LogP contribution in [0.5, 0.6) is 17.2 Å². The van der Waals surface area contributed by atoms with E-state index in [1.54, 1.807) is 36.5 Å². The summed E-state index contributed by atoms with van der Waals surface area (Å²) < 4.78 is 16.2. The number of fused-ring (bicyclic) bond motifs is 1. The maximum atomic E-state index is 12.3. The van der Waals surface area contributed by atoms with Crippen LogP contribution in [-0.4, -0.2) is 25.0 Å². The summed E-state index contributed by atoms with van der Waals surface area (Å²) in [6.07, 6.45) is 1.53. The molecular weight excluding hydrogens is 308 g/mol. The number of nitrogens with one attached hydrogen (secondary N) is 1. The van der Waals surface area contributed by atoms with Gasteiger partial charge in [-0.25, -0.2) is 5.43 Å². The number of rotatable bonds is 5. The third-order valence-electron chi connectivity index (χ3n) is 3.27. The Balaban J connectivity index is 1.67. The molecule has 6 nitrogen and oxygen atoms in total. The molecule has 2 aromatic carbocycles. The Labute approximate surface area is 140 Å². The summed E-state index contributed by atoms with van der Waals surface area (Å²) in [4.78, 5) is 12.3. The van der Waals surface area contributed by atoms with E-state index in [0.717, 1.165) is 5.56 Å². The van der Waals surface area contributed by atoms with Crippen molar-refractivity contribution in [3.63, 3.8) is 0 Å². The average Bonchev–Trinajstić information content (AvgIpc) is 3.02. The number of ether oxygens (including phenoxy) is 3. The third kappa shape index (κ3) is 3.65. The summed E-state index contributed by atoms with van der Waals surface area (Å²) in [7, 11) is 0. The number of hydrazone groups is 1. The van der Waals surface area contributed by atoms with E-state index < -0.39 is 0 Å². The summed E-state index contributed by atoms with van der Waals surface area (Å²) in [5.74, 6) is 1.57. The molecule has 1 amide bonds. The van der Waals surface area contributed by atoms with Crippen molar-refractivity contribution in [2.45, 2.75) is 20.0 Å². The standard InChI is InChI=1S/C18H18N2O4/c1-12(2)24-15-6-4-3-5-14(15)18(21)20-19-10-13-7-8-16-17(9-13)23-11-22-16/h3-10,12H,11H2,1-2H3,(H,20,21). The zero-order valence-electron chi connectivity index (χ0n) is 13.5. The van der Waals surface area contributed by atoms with Crippen LogP contribution in [0.25, 0.3) is 0 Å². The molecule has 0 radical (unpaired) electrons. The van der Waals surface area contributed by atoms with Crippen LogP contribution in [0.3, 0.4) is 0 Å². The van der Waals surface area contributed by atoms with E-state index in [4.69, 9.17) is 14.2 Å². The van der Waals surface area contributed by atoms with Gasteiger partial charge in [0.05, 0.1) is 17.9 Å². The first-order valence-corrected chi connectivity index (χ1v) is 7.62. The first kappa shape index (κ1) is 15.9. The predicted octanol–water partition coefficient (Wildman–Crippen LogP) is 2.97. The minimum atomic E-state index is -0.330. The van der Waals surface area contributed by atoms with Crippen molar-refractivity contribution < 1.29 is 19.0 Å². The predicted molar refractivity (Wildman–Crippen MR) is 89.8 cm³/mol. The molecular formula is C18H18N2O4. The second kappa shape index (κ2) is 7.04. The second-order valence-corrected chi connectivity index (χ2v) is 5.47. The Hall–Kier alpha value is -3.02. The van der Waals surface area contributed by atoms with Gasteiger partial charge in [-0.2, -0.15) is 5.10 Å². The molecule has 6 heteroatoms. The van der Waals surface area contributed by atoms with Crippen molar-refractivity contribution in [2.75, 3.05) is 6.79 Å². The molecule has 0 bridgehead atoms. The fraction of sp³-hybridized carbons (Fsp3) is 0.222. The van der Waals surface area contributed by atoms with Gasteiger partial charge in [0.15, 0.2) is 11.5 Å². The van der Waals surface area contributed by atoms with Crippen molar-refractivity contribution in [3.8, 4) is 17.2 Å². The van der Waals surface area contributed by atoms with Gasteiger partial charge < -0.3 is 14.2 Å². The van der Waals surface area contributed by atoms with Gasteiger partial charge in [0, 0.05) is 0 Å². The number of nitrogens with zero attached hydrogens (tertiary/aromatic N) is 1. The summed E-state index contributed by atoms with van der Waals surface area (Å²) >= 11 is 0. The fourth-order valence-electron chi connectivity index (χ4n) is 2.23. The van der Waals surface area contributed by atoms with E-state index in [-0.39, 0.29) is 18.8 Å². The van der Waals surface area contributed by atoms with Crippen LogP contribution in [0.1, 0.15) is 29.8 Å². The van der Waals surface area contributed by atoms with Gasteiger partial charge in [0.2, 0.25) is 6.79 Å². The van der Waals surface area contributed by atoms with E-state index >= 15 is 0 Å². The molecule has 1 N–H and O–H groups in total. The Morgan fingerprint density at radius 1 is 1.21 bits per heavy atom. The molecule has 3 rings (SSSR count). The minimum absolute atomic E-state index is 0.0175. The first-order chi connectivity index (χ1) is 11.6. The van der Waals surface area contributed by atoms with E-state index in [1.165, 1.54) is 0 Å². The lowest BCUT2D eigenvalue weighted by atomic mass is 10.2. The van der Waals surface area contributed by atoms with Crippen LogP contribution in [0, 0.1) is 0 Å². The molecule has 0 fully saturated rings. The molecule has 0 unspecified atom stereocenters. The van der Waals surface area contributed by atoms with Crippen LogP contribution in [0.4, 0.5) is 0 Å². The maximum absolute atomic E-state index is 12.3. The highest BCUT2D eigenvalue weighted by molar-refractivity contribution is 5.97. The van der Waals surface area contributed by atoms with Crippen molar-refractivity contribution in [1.29, 1.82) is 0 Å². The molecule has 0 saturated heterocycles. The molecule has 124 valence electrons. The van der Waals surface area contributed by atoms with Crippen LogP contribution in [0.2, 0.25) is 0 Å². The summed E-state index contributed by atoms with van der Waals surface area (Å²) in [6, 6.07) is 12.5. The first-order valence-electron chi connectivity index (χ1n) is 7.62. The third-order valence-corrected chi connectivity index (χ3v) is 3.27. The number of hydrogen-bond donors (Lipinski definition) is 1. The van der Waals surface area contributed by atoms with Gasteiger partial charge in [-0.3, -0.25) is 4.79 Å². The molecule has 0 atom stereocenters. The number of benzene rings is 2. The van der Waals surface area contributed by atoms with Gasteiger partial charge >= 0.3 is 0 Å². The highest BCUT2D eigenvalue weighted by Gasteiger charge is 2.13. The summed E-state index contributed by atoms with van der Waals surface area (Å²) in [5.41, 5.74) is 3.74. The van der Waals surface area contributed by atoms with Crippen LogP contribution >= 0.6 is 0 Å². The zero-order valence-corrected chi connectivity index (χ0v) is 13.5. The van der Waals surface area contributed by atoms with Crippen molar-refractivity contribution in [2.24, 2.45) is 5.10 Å². The average molecular weight is 326 g/mol. The molecule has 2 aromatic rings. The van der Waals surface area contributed by atoms with Gasteiger partial charge in [-0.05, 0) is 49.7 Å². The molecule has 1 heterocycles. The van der Waals surface area contributed by atoms with Gasteiger partial charge in [0.1, 0.15) is 5.75 Å². The van der Waals surface area contributed by atoms with Crippen LogP contribution in [-0.2, 0) is 0 Å². The number of carbonyl (C=O) groups excluding carboxylic acids is 1. The monoisotopic (exact) mass is 326 g/mol. The Kier molecular flexibility index (Phi) is 4.65. The number of para-hydroxylation sites is 1. The maximum Gasteiger partial charge on any atom is 0.275 e. The quantitative estimate of drug-likeness (QED) is 0.677. The summed E-state index contributed by atoms with van der Waals surface area (Å²) in [6.45, 7) is 4.04. The van der Waals surface area contributed by atoms with Gasteiger partial charge in [0.25, 0.3) is 5.91 Å². The number of amides is 1. The molecule has 0 saturated carbocycles. The molecule has 0 aliphatic carbocycles. The van der Waals surface area contributed by atoms with Gasteiger partial charge in [-0.1, -0.05) is 12.1 Å². The molecule has 0 spiro atoms. The largest absolute Gasteiger partial charge is 0.490 e. The Bertz CT molecular complexity index is 771. The van der Waals surface area contributed by atoms with Crippen molar-refractivity contribution >= 4 is 12.1 Å². The highest BCUT2D eigenvalue weighted by Crippen LogP contribution is 2.31.